The second-order valence-electron chi connectivity index (χ2n) is 12.3. The zero-order chi connectivity index (χ0) is 30.0. The minimum atomic E-state index is -0.973. The second kappa shape index (κ2) is 12.4. The molecule has 3 heterocycles. The van der Waals surface area contributed by atoms with Gasteiger partial charge >= 0.3 is 6.09 Å². The summed E-state index contributed by atoms with van der Waals surface area (Å²) in [6.45, 7) is 6.61. The molecule has 11 heteroatoms. The van der Waals surface area contributed by atoms with E-state index in [2.05, 4.69) is 16.7 Å². The molecule has 1 saturated carbocycles. The van der Waals surface area contributed by atoms with Gasteiger partial charge in [-0.25, -0.2) is 9.18 Å². The Balaban J connectivity index is 1.22. The van der Waals surface area contributed by atoms with Crippen molar-refractivity contribution in [1.29, 1.82) is 5.26 Å². The van der Waals surface area contributed by atoms with Gasteiger partial charge in [0.2, 0.25) is 5.91 Å². The molecule has 5 rings (SSSR count). The average Bonchev–Trinajstić information content (AvgIpc) is 3.70. The monoisotopic (exact) mass is 596 g/mol. The highest BCUT2D eigenvalue weighted by molar-refractivity contribution is 7.12. The molecule has 2 aromatic rings. The molecule has 2 bridgehead atoms. The van der Waals surface area contributed by atoms with Gasteiger partial charge in [0, 0.05) is 31.7 Å². The predicted octanol–water partition coefficient (Wildman–Crippen LogP) is 4.80. The number of thiophene rings is 1. The second-order valence-corrected chi connectivity index (χ2v) is 13.2. The summed E-state index contributed by atoms with van der Waals surface area (Å²) < 4.78 is 26.1. The molecule has 3 aliphatic rings. The van der Waals surface area contributed by atoms with Gasteiger partial charge in [0.25, 0.3) is 5.91 Å². The number of piperidine rings is 1. The average molecular weight is 597 g/mol. The van der Waals surface area contributed by atoms with Gasteiger partial charge in [0.05, 0.1) is 10.9 Å². The first-order valence-electron chi connectivity index (χ1n) is 14.5. The van der Waals surface area contributed by atoms with E-state index >= 15 is 4.39 Å². The molecule has 42 heavy (non-hydrogen) atoms. The number of carbonyl (C=O) groups excluding carboxylic acids is 3. The van der Waals surface area contributed by atoms with Crippen molar-refractivity contribution in [1.82, 2.24) is 15.5 Å². The molecule has 4 atom stereocenters. The van der Waals surface area contributed by atoms with Crippen LogP contribution >= 0.6 is 11.3 Å². The number of rotatable bonds is 7. The quantitative estimate of drug-likeness (QED) is 0.474. The molecule has 0 unspecified atom stereocenters. The molecule has 0 radical (unpaired) electrons. The predicted molar refractivity (Wildman–Crippen MR) is 155 cm³/mol. The summed E-state index contributed by atoms with van der Waals surface area (Å²) in [6.07, 6.45) is 3.39. The number of hydrogen-bond acceptors (Lipinski definition) is 7. The zero-order valence-electron chi connectivity index (χ0n) is 24.2. The molecule has 1 aromatic carbocycles. The zero-order valence-corrected chi connectivity index (χ0v) is 25.0. The van der Waals surface area contributed by atoms with Crippen molar-refractivity contribution in [3.05, 3.63) is 45.9 Å². The largest absolute Gasteiger partial charge is 0.444 e. The van der Waals surface area contributed by atoms with E-state index in [1.165, 1.54) is 22.3 Å². The third kappa shape index (κ3) is 6.76. The van der Waals surface area contributed by atoms with E-state index in [0.717, 1.165) is 37.7 Å². The van der Waals surface area contributed by atoms with E-state index in [9.17, 15) is 19.6 Å². The molecular weight excluding hydrogens is 559 g/mol. The van der Waals surface area contributed by atoms with Crippen LogP contribution in [0.15, 0.2) is 29.6 Å². The molecule has 3 fully saturated rings. The van der Waals surface area contributed by atoms with Crippen LogP contribution in [-0.2, 0) is 20.7 Å². The van der Waals surface area contributed by atoms with Gasteiger partial charge in [0.1, 0.15) is 23.5 Å². The number of likely N-dealkylation sites (tertiary alicyclic amines) is 1. The van der Waals surface area contributed by atoms with Gasteiger partial charge in [-0.3, -0.25) is 14.5 Å². The standard InChI is InChI=1S/C31H37FN4O5S/c1-31(2,3)41-30(39)36-24-7-6-20(13-24)27(36)29(38)35-23(16-33)12-19-5-4-18(14-25(19)32)21-15-26(42-17-21)28(37)34-22-8-10-40-11-9-22/h4-5,14-15,17,20,22-24,27H,6-13H2,1-3H3,(H,34,37)(H,35,38)/t20-,23-,24+,27-/m0/s1. The number of nitriles is 1. The molecule has 2 saturated heterocycles. The van der Waals surface area contributed by atoms with Gasteiger partial charge in [-0.2, -0.15) is 5.26 Å². The van der Waals surface area contributed by atoms with E-state index in [1.54, 1.807) is 39.0 Å². The van der Waals surface area contributed by atoms with Gasteiger partial charge in [-0.1, -0.05) is 12.1 Å². The fourth-order valence-electron chi connectivity index (χ4n) is 6.11. The van der Waals surface area contributed by atoms with Crippen molar-refractivity contribution in [2.75, 3.05) is 13.2 Å². The molecule has 0 spiro atoms. The molecule has 2 aliphatic heterocycles. The number of nitrogens with one attached hydrogen (secondary N) is 2. The fraction of sp³-hybridized carbons (Fsp3) is 0.548. The third-order valence-electron chi connectivity index (χ3n) is 8.12. The summed E-state index contributed by atoms with van der Waals surface area (Å²) in [6, 6.07) is 6.90. The fourth-order valence-corrected chi connectivity index (χ4v) is 6.93. The lowest BCUT2D eigenvalue weighted by Gasteiger charge is -2.35. The SMILES string of the molecule is CC(C)(C)OC(=O)N1[C@@H]2CC[C@@H](C2)[C@H]1C(=O)N[C@H](C#N)Cc1ccc(-c2csc(C(=O)NC3CCOCC3)c2)cc1F. The van der Waals surface area contributed by atoms with Crippen LogP contribution in [0.4, 0.5) is 9.18 Å². The van der Waals surface area contributed by atoms with Crippen molar-refractivity contribution >= 4 is 29.2 Å². The van der Waals surface area contributed by atoms with E-state index < -0.39 is 35.5 Å². The molecular formula is C31H37FN4O5S. The number of amides is 3. The maximum Gasteiger partial charge on any atom is 0.411 e. The molecule has 9 nitrogen and oxygen atoms in total. The highest BCUT2D eigenvalue weighted by Crippen LogP contribution is 2.43. The minimum absolute atomic E-state index is 0.00662. The lowest BCUT2D eigenvalue weighted by Crippen LogP contribution is -2.55. The number of benzene rings is 1. The number of ether oxygens (including phenoxy) is 2. The number of carbonyl (C=O) groups is 3. The van der Waals surface area contributed by atoms with Crippen molar-refractivity contribution in [3.63, 3.8) is 0 Å². The van der Waals surface area contributed by atoms with Crippen LogP contribution in [0.5, 0.6) is 0 Å². The number of halogens is 1. The number of nitrogens with zero attached hydrogens (tertiary/aromatic N) is 2. The van der Waals surface area contributed by atoms with Crippen molar-refractivity contribution < 1.29 is 28.2 Å². The number of hydrogen-bond donors (Lipinski definition) is 2. The topological polar surface area (TPSA) is 121 Å². The molecule has 224 valence electrons. The molecule has 2 N–H and O–H groups in total. The van der Waals surface area contributed by atoms with Crippen LogP contribution < -0.4 is 10.6 Å². The van der Waals surface area contributed by atoms with Crippen LogP contribution in [0, 0.1) is 23.1 Å². The Kier molecular flexibility index (Phi) is 8.85. The summed E-state index contributed by atoms with van der Waals surface area (Å²) in [5, 5.41) is 17.4. The molecule has 3 amide bonds. The van der Waals surface area contributed by atoms with Crippen LogP contribution in [0.1, 0.15) is 68.1 Å². The van der Waals surface area contributed by atoms with Crippen LogP contribution in [-0.4, -0.2) is 65.8 Å². The van der Waals surface area contributed by atoms with Crippen LogP contribution in [0.25, 0.3) is 11.1 Å². The van der Waals surface area contributed by atoms with E-state index in [1.807, 2.05) is 5.38 Å². The Bertz CT molecular complexity index is 1380. The number of fused-ring (bicyclic) bond motifs is 2. The lowest BCUT2D eigenvalue weighted by atomic mass is 9.97. The normalized spacial score (nSPS) is 22.8. The Morgan fingerprint density at radius 2 is 1.93 bits per heavy atom. The summed E-state index contributed by atoms with van der Waals surface area (Å²) in [5.41, 5.74) is 0.937. The highest BCUT2D eigenvalue weighted by atomic mass is 32.1. The Labute approximate surface area is 249 Å². The van der Waals surface area contributed by atoms with E-state index in [4.69, 9.17) is 9.47 Å². The Hall–Kier alpha value is -3.49. The summed E-state index contributed by atoms with van der Waals surface area (Å²) in [4.78, 5) is 41.0. The molecule has 1 aromatic heterocycles. The molecule has 1 aliphatic carbocycles. The third-order valence-corrected chi connectivity index (χ3v) is 9.05. The van der Waals surface area contributed by atoms with E-state index in [0.29, 0.717) is 23.7 Å². The summed E-state index contributed by atoms with van der Waals surface area (Å²) in [7, 11) is 0. The van der Waals surface area contributed by atoms with Crippen LogP contribution in [0.2, 0.25) is 0 Å². The lowest BCUT2D eigenvalue weighted by molar-refractivity contribution is -0.128. The van der Waals surface area contributed by atoms with Gasteiger partial charge in [-0.05, 0) is 93.0 Å². The van der Waals surface area contributed by atoms with Crippen molar-refractivity contribution in [2.45, 2.75) is 89.1 Å². The maximum absolute atomic E-state index is 15.2. The van der Waals surface area contributed by atoms with Crippen molar-refractivity contribution in [2.24, 2.45) is 5.92 Å². The highest BCUT2D eigenvalue weighted by Gasteiger charge is 2.52. The van der Waals surface area contributed by atoms with Crippen LogP contribution in [0.3, 0.4) is 0 Å². The smallest absolute Gasteiger partial charge is 0.411 e. The van der Waals surface area contributed by atoms with Crippen molar-refractivity contribution in [3.8, 4) is 17.2 Å². The minimum Gasteiger partial charge on any atom is -0.444 e. The summed E-state index contributed by atoms with van der Waals surface area (Å²) >= 11 is 1.30. The first-order chi connectivity index (χ1) is 20.0. The first-order valence-corrected chi connectivity index (χ1v) is 15.4. The summed E-state index contributed by atoms with van der Waals surface area (Å²) in [5.74, 6) is -1.06. The van der Waals surface area contributed by atoms with E-state index in [-0.39, 0.29) is 35.9 Å². The Morgan fingerprint density at radius 1 is 1.17 bits per heavy atom. The van der Waals surface area contributed by atoms with Gasteiger partial charge in [-0.15, -0.1) is 11.3 Å². The van der Waals surface area contributed by atoms with Gasteiger partial charge < -0.3 is 20.1 Å². The first kappa shape index (κ1) is 30.0. The maximum atomic E-state index is 15.2. The Morgan fingerprint density at radius 3 is 2.62 bits per heavy atom. The van der Waals surface area contributed by atoms with Gasteiger partial charge in [0.15, 0.2) is 0 Å².